The number of amides is 1. The average molecular weight is 318 g/mol. The molecule has 1 aromatic carbocycles. The Hall–Kier alpha value is -1.59. The summed E-state index contributed by atoms with van der Waals surface area (Å²) < 4.78 is 5.55. The number of anilines is 1. The quantitative estimate of drug-likeness (QED) is 0.896. The second kappa shape index (κ2) is 6.89. The largest absolute Gasteiger partial charge is 0.479 e. The number of piperidine rings is 1. The third kappa shape index (κ3) is 3.67. The highest BCUT2D eigenvalue weighted by Gasteiger charge is 2.25. The molecule has 3 atom stereocenters. The summed E-state index contributed by atoms with van der Waals surface area (Å²) in [5.74, 6) is 0.518. The zero-order chi connectivity index (χ0) is 16.4. The Morgan fingerprint density at radius 2 is 2.22 bits per heavy atom. The van der Waals surface area contributed by atoms with Crippen LogP contribution in [0, 0.1) is 0 Å². The Bertz CT molecular complexity index is 575. The van der Waals surface area contributed by atoms with Gasteiger partial charge in [0.1, 0.15) is 5.75 Å². The maximum absolute atomic E-state index is 11.7. The van der Waals surface area contributed by atoms with Crippen LogP contribution in [0.2, 0.25) is 0 Å². The van der Waals surface area contributed by atoms with Gasteiger partial charge in [-0.3, -0.25) is 4.79 Å². The van der Waals surface area contributed by atoms with Crippen molar-refractivity contribution in [2.24, 2.45) is 0 Å². The van der Waals surface area contributed by atoms with E-state index < -0.39 is 12.2 Å². The number of fused-ring (bicyclic) bond motifs is 1. The van der Waals surface area contributed by atoms with E-state index in [1.165, 1.54) is 19.3 Å². The number of hydrogen-bond acceptors (Lipinski definition) is 4. The Labute approximate surface area is 137 Å². The summed E-state index contributed by atoms with van der Waals surface area (Å²) in [6, 6.07) is 6.14. The van der Waals surface area contributed by atoms with Crippen molar-refractivity contribution in [2.45, 2.75) is 57.8 Å². The fourth-order valence-electron chi connectivity index (χ4n) is 3.38. The molecule has 1 amide bonds. The third-order valence-electron chi connectivity index (χ3n) is 4.95. The van der Waals surface area contributed by atoms with Gasteiger partial charge in [0.2, 0.25) is 0 Å². The lowest BCUT2D eigenvalue weighted by Gasteiger charge is -2.33. The molecule has 1 fully saturated rings. The molecule has 0 spiro atoms. The van der Waals surface area contributed by atoms with Crippen LogP contribution >= 0.6 is 0 Å². The highest BCUT2D eigenvalue weighted by atomic mass is 16.5. The molecular formula is C18H26N2O3. The number of hydrogen-bond donors (Lipinski definition) is 2. The summed E-state index contributed by atoms with van der Waals surface area (Å²) in [6.45, 7) is 6.01. The van der Waals surface area contributed by atoms with Gasteiger partial charge < -0.3 is 20.1 Å². The van der Waals surface area contributed by atoms with Crippen LogP contribution in [-0.2, 0) is 4.79 Å². The van der Waals surface area contributed by atoms with E-state index in [4.69, 9.17) is 4.74 Å². The second-order valence-electron chi connectivity index (χ2n) is 6.69. The van der Waals surface area contributed by atoms with E-state index in [0.717, 1.165) is 18.7 Å². The van der Waals surface area contributed by atoms with E-state index in [0.29, 0.717) is 23.9 Å². The lowest BCUT2D eigenvalue weighted by atomic mass is 10.0. The van der Waals surface area contributed by atoms with Gasteiger partial charge in [0.25, 0.3) is 5.91 Å². The maximum atomic E-state index is 11.7. The molecule has 1 saturated heterocycles. The molecule has 2 aliphatic heterocycles. The molecule has 0 bridgehead atoms. The van der Waals surface area contributed by atoms with Crippen LogP contribution in [0.15, 0.2) is 18.2 Å². The van der Waals surface area contributed by atoms with Crippen LogP contribution in [0.3, 0.4) is 0 Å². The number of aliphatic hydroxyl groups excluding tert-OH is 1. The molecule has 3 rings (SSSR count). The summed E-state index contributed by atoms with van der Waals surface area (Å²) in [7, 11) is 0. The van der Waals surface area contributed by atoms with Gasteiger partial charge in [-0.2, -0.15) is 0 Å². The zero-order valence-electron chi connectivity index (χ0n) is 13.9. The number of benzene rings is 1. The number of carbonyl (C=O) groups excluding carboxylic acids is 1. The number of ether oxygens (including phenoxy) is 1. The predicted molar refractivity (Wildman–Crippen MR) is 89.6 cm³/mol. The number of carbonyl (C=O) groups is 1. The predicted octanol–water partition coefficient (Wildman–Crippen LogP) is 2.70. The summed E-state index contributed by atoms with van der Waals surface area (Å²) in [6.07, 6.45) is 3.51. The number of likely N-dealkylation sites (tertiary alicyclic amines) is 1. The van der Waals surface area contributed by atoms with Gasteiger partial charge in [-0.25, -0.2) is 0 Å². The van der Waals surface area contributed by atoms with Crippen LogP contribution < -0.4 is 10.1 Å². The third-order valence-corrected chi connectivity index (χ3v) is 4.95. The minimum Gasteiger partial charge on any atom is -0.479 e. The van der Waals surface area contributed by atoms with Gasteiger partial charge in [-0.15, -0.1) is 0 Å². The van der Waals surface area contributed by atoms with Crippen molar-refractivity contribution in [3.63, 3.8) is 0 Å². The van der Waals surface area contributed by atoms with E-state index in [-0.39, 0.29) is 5.91 Å². The molecule has 0 radical (unpaired) electrons. The normalized spacial score (nSPS) is 26.1. The Morgan fingerprint density at radius 3 is 3.00 bits per heavy atom. The van der Waals surface area contributed by atoms with E-state index in [9.17, 15) is 9.90 Å². The average Bonchev–Trinajstić information content (AvgIpc) is 2.54. The van der Waals surface area contributed by atoms with Crippen molar-refractivity contribution in [2.75, 3.05) is 18.4 Å². The molecule has 126 valence electrons. The Balaban J connectivity index is 1.62. The summed E-state index contributed by atoms with van der Waals surface area (Å²) >= 11 is 0. The van der Waals surface area contributed by atoms with Crippen molar-refractivity contribution in [3.8, 4) is 5.75 Å². The molecule has 1 aromatic rings. The molecule has 2 aliphatic rings. The van der Waals surface area contributed by atoms with Gasteiger partial charge in [-0.05, 0) is 57.4 Å². The first kappa shape index (κ1) is 16.3. The Morgan fingerprint density at radius 1 is 1.39 bits per heavy atom. The van der Waals surface area contributed by atoms with E-state index in [1.807, 2.05) is 18.2 Å². The minimum atomic E-state index is -0.523. The van der Waals surface area contributed by atoms with Gasteiger partial charge in [0, 0.05) is 12.6 Å². The van der Waals surface area contributed by atoms with Gasteiger partial charge in [-0.1, -0.05) is 12.5 Å². The monoisotopic (exact) mass is 318 g/mol. The van der Waals surface area contributed by atoms with Crippen molar-refractivity contribution in [3.05, 3.63) is 23.8 Å². The smallest absolute Gasteiger partial charge is 0.265 e. The van der Waals surface area contributed by atoms with Crippen LogP contribution in [0.4, 0.5) is 5.69 Å². The molecule has 0 aromatic heterocycles. The topological polar surface area (TPSA) is 61.8 Å². The number of nitrogens with one attached hydrogen (secondary N) is 1. The first-order chi connectivity index (χ1) is 11.0. The van der Waals surface area contributed by atoms with Crippen LogP contribution in [-0.4, -0.2) is 41.1 Å². The van der Waals surface area contributed by atoms with Gasteiger partial charge >= 0.3 is 0 Å². The highest BCUT2D eigenvalue weighted by molar-refractivity contribution is 5.97. The molecule has 2 heterocycles. The van der Waals surface area contributed by atoms with Crippen molar-refractivity contribution in [1.82, 2.24) is 4.90 Å². The number of nitrogens with zero attached hydrogens (tertiary/aromatic N) is 1. The van der Waals surface area contributed by atoms with E-state index >= 15 is 0 Å². The standard InChI is InChI=1S/C18H26N2O3/c1-12-5-3-4-9-20(12)10-8-16(21)14-6-7-17-15(11-14)19-18(22)13(2)23-17/h6-7,11-13,16,21H,3-5,8-10H2,1-2H3,(H,19,22). The minimum absolute atomic E-state index is 0.147. The molecule has 2 N–H and O–H groups in total. The number of aliphatic hydroxyl groups is 1. The van der Waals surface area contributed by atoms with Gasteiger partial charge in [0.15, 0.2) is 6.10 Å². The molecule has 5 heteroatoms. The SMILES string of the molecule is CC1Oc2ccc(C(O)CCN3CCCCC3C)cc2NC1=O. The lowest BCUT2D eigenvalue weighted by Crippen LogP contribution is -2.38. The molecule has 5 nitrogen and oxygen atoms in total. The Kier molecular flexibility index (Phi) is 4.87. The molecule has 23 heavy (non-hydrogen) atoms. The van der Waals surface area contributed by atoms with Crippen molar-refractivity contribution >= 4 is 11.6 Å². The van der Waals surface area contributed by atoms with E-state index in [1.54, 1.807) is 6.92 Å². The number of rotatable bonds is 4. The first-order valence-electron chi connectivity index (χ1n) is 8.58. The second-order valence-corrected chi connectivity index (χ2v) is 6.69. The summed E-state index contributed by atoms with van der Waals surface area (Å²) in [5, 5.41) is 13.3. The molecular weight excluding hydrogens is 292 g/mol. The van der Waals surface area contributed by atoms with Crippen LogP contribution in [0.25, 0.3) is 0 Å². The zero-order valence-corrected chi connectivity index (χ0v) is 13.9. The van der Waals surface area contributed by atoms with Crippen LogP contribution in [0.1, 0.15) is 51.2 Å². The fourth-order valence-corrected chi connectivity index (χ4v) is 3.38. The lowest BCUT2D eigenvalue weighted by molar-refractivity contribution is -0.122. The maximum Gasteiger partial charge on any atom is 0.265 e. The molecule has 3 unspecified atom stereocenters. The van der Waals surface area contributed by atoms with Crippen molar-refractivity contribution < 1.29 is 14.6 Å². The molecule has 0 saturated carbocycles. The first-order valence-corrected chi connectivity index (χ1v) is 8.58. The van der Waals surface area contributed by atoms with E-state index in [2.05, 4.69) is 17.1 Å². The fraction of sp³-hybridized carbons (Fsp3) is 0.611. The highest BCUT2D eigenvalue weighted by Crippen LogP contribution is 2.33. The summed E-state index contributed by atoms with van der Waals surface area (Å²) in [5.41, 5.74) is 1.47. The molecule has 0 aliphatic carbocycles. The van der Waals surface area contributed by atoms with Gasteiger partial charge in [0.05, 0.1) is 11.8 Å². The summed E-state index contributed by atoms with van der Waals surface area (Å²) in [4.78, 5) is 14.2. The van der Waals surface area contributed by atoms with Crippen molar-refractivity contribution in [1.29, 1.82) is 0 Å². The van der Waals surface area contributed by atoms with Crippen LogP contribution in [0.5, 0.6) is 5.75 Å².